The van der Waals surface area contributed by atoms with E-state index >= 15 is 0 Å². The van der Waals surface area contributed by atoms with E-state index in [9.17, 15) is 9.18 Å². The second kappa shape index (κ2) is 9.97. The van der Waals surface area contributed by atoms with Gasteiger partial charge in [-0.2, -0.15) is 0 Å². The number of carbonyl (C=O) groups is 1. The highest BCUT2D eigenvalue weighted by Gasteiger charge is 2.16. The van der Waals surface area contributed by atoms with Crippen LogP contribution >= 0.6 is 0 Å². The molecule has 0 unspecified atom stereocenters. The van der Waals surface area contributed by atoms with Gasteiger partial charge in [-0.1, -0.05) is 29.5 Å². The van der Waals surface area contributed by atoms with Gasteiger partial charge in [-0.3, -0.25) is 4.79 Å². The zero-order chi connectivity index (χ0) is 24.2. The third-order valence-electron chi connectivity index (χ3n) is 6.10. The molecular weight excluding hydrogens is 447 g/mol. The maximum atomic E-state index is 15.0. The summed E-state index contributed by atoms with van der Waals surface area (Å²) < 4.78 is 27.2. The Hall–Kier alpha value is -4.20. The zero-order valence-electron chi connectivity index (χ0n) is 19.4. The third-order valence-corrected chi connectivity index (χ3v) is 6.10. The average molecular weight is 473 g/mol. The number of aldehydes is 1. The summed E-state index contributed by atoms with van der Waals surface area (Å²) in [7, 11) is 1.59. The van der Waals surface area contributed by atoms with Crippen molar-refractivity contribution < 1.29 is 18.7 Å². The molecule has 0 N–H and O–H groups in total. The number of ether oxygens (including phenoxy) is 2. The molecule has 0 spiro atoms. The van der Waals surface area contributed by atoms with Crippen LogP contribution in [0.25, 0.3) is 16.9 Å². The minimum atomic E-state index is -0.647. The molecule has 1 aromatic heterocycles. The van der Waals surface area contributed by atoms with E-state index in [-0.39, 0.29) is 17.9 Å². The molecule has 1 aliphatic heterocycles. The van der Waals surface area contributed by atoms with Crippen LogP contribution in [-0.2, 0) is 6.61 Å². The van der Waals surface area contributed by atoms with Crippen molar-refractivity contribution in [1.29, 1.82) is 0 Å². The summed E-state index contributed by atoms with van der Waals surface area (Å²) in [5.41, 5.74) is 4.05. The number of nitrogens with zero attached hydrogens (tertiary/aromatic N) is 4. The first-order chi connectivity index (χ1) is 17.1. The Kier molecular flexibility index (Phi) is 6.43. The fourth-order valence-corrected chi connectivity index (χ4v) is 4.21. The molecule has 1 saturated heterocycles. The number of halogens is 1. The molecule has 178 valence electrons. The lowest BCUT2D eigenvalue weighted by atomic mass is 10.1. The lowest BCUT2D eigenvalue weighted by Crippen LogP contribution is -2.17. The van der Waals surface area contributed by atoms with E-state index in [0.29, 0.717) is 23.4 Å². The largest absolute Gasteiger partial charge is 0.497 e. The van der Waals surface area contributed by atoms with E-state index in [0.717, 1.165) is 29.9 Å². The number of rotatable bonds is 8. The van der Waals surface area contributed by atoms with Crippen LogP contribution in [-0.4, -0.2) is 41.5 Å². The molecule has 0 radical (unpaired) electrons. The van der Waals surface area contributed by atoms with Gasteiger partial charge >= 0.3 is 0 Å². The van der Waals surface area contributed by atoms with Crippen molar-refractivity contribution in [2.45, 2.75) is 19.4 Å². The van der Waals surface area contributed by atoms with E-state index in [2.05, 4.69) is 27.3 Å². The lowest BCUT2D eigenvalue weighted by Gasteiger charge is -2.17. The highest BCUT2D eigenvalue weighted by atomic mass is 19.1. The summed E-state index contributed by atoms with van der Waals surface area (Å²) in [5.74, 6) is -0.0303. The van der Waals surface area contributed by atoms with Gasteiger partial charge in [0.1, 0.15) is 18.1 Å². The van der Waals surface area contributed by atoms with Crippen LogP contribution in [0.2, 0.25) is 0 Å². The molecule has 0 aliphatic carbocycles. The first-order valence-corrected chi connectivity index (χ1v) is 11.5. The number of aromatic nitrogens is 3. The zero-order valence-corrected chi connectivity index (χ0v) is 19.4. The van der Waals surface area contributed by atoms with Crippen LogP contribution in [0.1, 0.15) is 28.8 Å². The molecule has 4 aromatic rings. The fourth-order valence-electron chi connectivity index (χ4n) is 4.21. The van der Waals surface area contributed by atoms with Crippen molar-refractivity contribution in [3.63, 3.8) is 0 Å². The van der Waals surface area contributed by atoms with Gasteiger partial charge in [0.2, 0.25) is 0 Å². The minimum Gasteiger partial charge on any atom is -0.497 e. The maximum Gasteiger partial charge on any atom is 0.167 e. The monoisotopic (exact) mass is 472 g/mol. The highest BCUT2D eigenvalue weighted by Crippen LogP contribution is 2.29. The Balaban J connectivity index is 1.36. The summed E-state index contributed by atoms with van der Waals surface area (Å²) >= 11 is 0. The molecule has 1 fully saturated rings. The standard InChI is InChI=1S/C27H25FN4O3/c1-34-24-9-7-19(8-10-24)18-35-27-21(17-33)14-23(15-25(27)28)32-16-26(29-30-32)20-5-4-6-22(13-20)31-11-2-3-12-31/h4-10,13-17H,2-3,11-12,18H2,1H3. The summed E-state index contributed by atoms with van der Waals surface area (Å²) in [6.45, 7) is 2.22. The van der Waals surface area contributed by atoms with Crippen molar-refractivity contribution in [2.75, 3.05) is 25.1 Å². The van der Waals surface area contributed by atoms with Gasteiger partial charge in [0.25, 0.3) is 0 Å². The molecule has 0 bridgehead atoms. The number of hydrogen-bond donors (Lipinski definition) is 0. The van der Waals surface area contributed by atoms with Gasteiger partial charge in [0.15, 0.2) is 17.9 Å². The molecule has 1 aliphatic rings. The second-order valence-electron chi connectivity index (χ2n) is 8.39. The number of hydrogen-bond acceptors (Lipinski definition) is 6. The first kappa shape index (κ1) is 22.6. The summed E-state index contributed by atoms with van der Waals surface area (Å²) in [6, 6.07) is 18.2. The van der Waals surface area contributed by atoms with Crippen molar-refractivity contribution in [1.82, 2.24) is 15.0 Å². The molecule has 5 rings (SSSR count). The van der Waals surface area contributed by atoms with E-state index in [1.807, 2.05) is 24.3 Å². The van der Waals surface area contributed by atoms with E-state index < -0.39 is 5.82 Å². The molecule has 35 heavy (non-hydrogen) atoms. The predicted molar refractivity (Wildman–Crippen MR) is 131 cm³/mol. The summed E-state index contributed by atoms with van der Waals surface area (Å²) in [5, 5.41) is 8.43. The molecule has 0 amide bonds. The Bertz CT molecular complexity index is 1330. The van der Waals surface area contributed by atoms with Crippen molar-refractivity contribution in [2.24, 2.45) is 0 Å². The van der Waals surface area contributed by atoms with Gasteiger partial charge in [0.05, 0.1) is 24.6 Å². The van der Waals surface area contributed by atoms with Crippen LogP contribution in [0.4, 0.5) is 10.1 Å². The average Bonchev–Trinajstić information content (AvgIpc) is 3.61. The SMILES string of the molecule is COc1ccc(COc2c(F)cc(-n3cc(-c4cccc(N5CCCC5)c4)nn3)cc2C=O)cc1. The maximum absolute atomic E-state index is 15.0. The summed E-state index contributed by atoms with van der Waals surface area (Å²) in [4.78, 5) is 14.1. The van der Waals surface area contributed by atoms with E-state index in [1.165, 1.54) is 23.6 Å². The van der Waals surface area contributed by atoms with Crippen molar-refractivity contribution in [3.05, 3.63) is 83.8 Å². The molecule has 0 saturated carbocycles. The van der Waals surface area contributed by atoms with Crippen LogP contribution in [0.3, 0.4) is 0 Å². The Labute approximate surface area is 202 Å². The van der Waals surface area contributed by atoms with Gasteiger partial charge in [-0.05, 0) is 48.7 Å². The van der Waals surface area contributed by atoms with E-state index in [4.69, 9.17) is 9.47 Å². The van der Waals surface area contributed by atoms with Gasteiger partial charge in [0, 0.05) is 30.4 Å². The van der Waals surface area contributed by atoms with Crippen LogP contribution in [0.15, 0.2) is 66.9 Å². The number of benzene rings is 3. The molecule has 7 nitrogen and oxygen atoms in total. The van der Waals surface area contributed by atoms with Crippen molar-refractivity contribution >= 4 is 12.0 Å². The van der Waals surface area contributed by atoms with Crippen LogP contribution in [0.5, 0.6) is 11.5 Å². The Morgan fingerprint density at radius 2 is 1.83 bits per heavy atom. The van der Waals surface area contributed by atoms with Gasteiger partial charge < -0.3 is 14.4 Å². The van der Waals surface area contributed by atoms with Crippen LogP contribution in [0, 0.1) is 5.82 Å². The molecule has 8 heteroatoms. The summed E-state index contributed by atoms with van der Waals surface area (Å²) in [6.07, 6.45) is 4.70. The predicted octanol–water partition coefficient (Wildman–Crippen LogP) is 5.07. The normalized spacial score (nSPS) is 13.1. The highest BCUT2D eigenvalue weighted by molar-refractivity contribution is 5.80. The number of methoxy groups -OCH3 is 1. The van der Waals surface area contributed by atoms with Gasteiger partial charge in [-0.15, -0.1) is 5.10 Å². The Morgan fingerprint density at radius 1 is 1.03 bits per heavy atom. The molecule has 3 aromatic carbocycles. The smallest absolute Gasteiger partial charge is 0.167 e. The van der Waals surface area contributed by atoms with E-state index in [1.54, 1.807) is 31.5 Å². The fraction of sp³-hybridized carbons (Fsp3) is 0.222. The van der Waals surface area contributed by atoms with Crippen LogP contribution < -0.4 is 14.4 Å². The molecule has 0 atom stereocenters. The van der Waals surface area contributed by atoms with Gasteiger partial charge in [-0.25, -0.2) is 9.07 Å². The molecule has 2 heterocycles. The number of carbonyl (C=O) groups excluding carboxylic acids is 1. The topological polar surface area (TPSA) is 69.5 Å². The number of anilines is 1. The lowest BCUT2D eigenvalue weighted by molar-refractivity contribution is 0.111. The van der Waals surface area contributed by atoms with Crippen molar-refractivity contribution in [3.8, 4) is 28.4 Å². The second-order valence-corrected chi connectivity index (χ2v) is 8.39. The Morgan fingerprint density at radius 3 is 2.57 bits per heavy atom. The minimum absolute atomic E-state index is 0.0987. The third kappa shape index (κ3) is 4.87. The molecular formula is C27H25FN4O3. The quantitative estimate of drug-likeness (QED) is 0.334. The first-order valence-electron chi connectivity index (χ1n) is 11.5.